The molecule has 5 heteroatoms. The van der Waals surface area contributed by atoms with Gasteiger partial charge in [-0.2, -0.15) is 5.10 Å². The minimum absolute atomic E-state index is 0.0237. The van der Waals surface area contributed by atoms with E-state index in [1.807, 2.05) is 24.3 Å². The lowest BCUT2D eigenvalue weighted by molar-refractivity contribution is 0.570. The van der Waals surface area contributed by atoms with Crippen LogP contribution in [0.3, 0.4) is 0 Å². The number of aromatic nitrogens is 2. The summed E-state index contributed by atoms with van der Waals surface area (Å²) in [5, 5.41) is 6.32. The average Bonchev–Trinajstić information content (AvgIpc) is 2.61. The topological polar surface area (TPSA) is 17.8 Å². The second-order valence-corrected chi connectivity index (χ2v) is 6.87. The maximum Gasteiger partial charge on any atom is 0.184 e. The van der Waals surface area contributed by atoms with Crippen LogP contribution in [0.1, 0.15) is 25.8 Å². The summed E-state index contributed by atoms with van der Waals surface area (Å²) in [5.74, 6) is 0. The molecule has 0 radical (unpaired) electrons. The van der Waals surface area contributed by atoms with Crippen molar-refractivity contribution < 1.29 is 0 Å². The number of benzene rings is 1. The summed E-state index contributed by atoms with van der Waals surface area (Å²) >= 11 is 12.8. The highest BCUT2D eigenvalue weighted by atomic mass is 35.5. The Morgan fingerprint density at radius 1 is 1.24 bits per heavy atom. The summed E-state index contributed by atoms with van der Waals surface area (Å²) in [6, 6.07) is 7.53. The fourth-order valence-electron chi connectivity index (χ4n) is 1.33. The van der Waals surface area contributed by atoms with Gasteiger partial charge in [-0.1, -0.05) is 43.7 Å². The molecule has 0 bridgehead atoms. The van der Waals surface area contributed by atoms with Crippen molar-refractivity contribution in [2.24, 2.45) is 0 Å². The number of halogens is 1. The molecule has 2 nitrogen and oxygen atoms in total. The van der Waals surface area contributed by atoms with Crippen molar-refractivity contribution >= 4 is 35.2 Å². The van der Waals surface area contributed by atoms with Crippen LogP contribution in [0.5, 0.6) is 0 Å². The second kappa shape index (κ2) is 4.52. The molecule has 0 atom stereocenters. The third-order valence-corrected chi connectivity index (χ3v) is 4.17. The van der Waals surface area contributed by atoms with E-state index in [9.17, 15) is 0 Å². The molecule has 0 aliphatic heterocycles. The van der Waals surface area contributed by atoms with E-state index < -0.39 is 0 Å². The van der Waals surface area contributed by atoms with Crippen molar-refractivity contribution in [3.63, 3.8) is 0 Å². The molecule has 0 saturated carbocycles. The van der Waals surface area contributed by atoms with Gasteiger partial charge in [-0.25, -0.2) is 4.68 Å². The van der Waals surface area contributed by atoms with Crippen molar-refractivity contribution in [2.45, 2.75) is 26.2 Å². The third kappa shape index (κ3) is 2.76. The van der Waals surface area contributed by atoms with Gasteiger partial charge in [0.05, 0.1) is 5.69 Å². The van der Waals surface area contributed by atoms with Crippen molar-refractivity contribution in [1.82, 2.24) is 9.78 Å². The van der Waals surface area contributed by atoms with Gasteiger partial charge in [0.25, 0.3) is 0 Å². The van der Waals surface area contributed by atoms with Gasteiger partial charge >= 0.3 is 0 Å². The Bertz CT molecular complexity index is 576. The maximum absolute atomic E-state index is 5.86. The summed E-state index contributed by atoms with van der Waals surface area (Å²) < 4.78 is 2.55. The van der Waals surface area contributed by atoms with E-state index in [4.69, 9.17) is 23.8 Å². The van der Waals surface area contributed by atoms with E-state index in [1.54, 1.807) is 16.0 Å². The van der Waals surface area contributed by atoms with Crippen LogP contribution in [0.2, 0.25) is 5.02 Å². The summed E-state index contributed by atoms with van der Waals surface area (Å²) in [4.78, 5) is 0. The predicted molar refractivity (Wildman–Crippen MR) is 76.0 cm³/mol. The Morgan fingerprint density at radius 2 is 1.82 bits per heavy atom. The lowest BCUT2D eigenvalue weighted by Gasteiger charge is -2.12. The van der Waals surface area contributed by atoms with Gasteiger partial charge in [0.15, 0.2) is 3.95 Å². The lowest BCUT2D eigenvalue weighted by Crippen LogP contribution is -2.11. The highest BCUT2D eigenvalue weighted by Gasteiger charge is 2.19. The molecule has 90 valence electrons. The second-order valence-electron chi connectivity index (χ2n) is 4.81. The first kappa shape index (κ1) is 12.7. The quantitative estimate of drug-likeness (QED) is 0.712. The van der Waals surface area contributed by atoms with Gasteiger partial charge in [0.1, 0.15) is 5.01 Å². The van der Waals surface area contributed by atoms with Gasteiger partial charge in [-0.15, -0.1) is 0 Å². The first-order valence-corrected chi connectivity index (χ1v) is 6.85. The number of hydrogen-bond donors (Lipinski definition) is 0. The van der Waals surface area contributed by atoms with Crippen molar-refractivity contribution in [3.8, 4) is 5.69 Å². The fourth-order valence-corrected chi connectivity index (χ4v) is 2.66. The molecular formula is C12H13ClN2S2. The van der Waals surface area contributed by atoms with Crippen LogP contribution >= 0.6 is 35.2 Å². The molecule has 2 rings (SSSR count). The SMILES string of the molecule is CC(C)(C)c1nn(-c2ccc(Cl)cc2)c(=S)s1. The molecule has 0 aliphatic rings. The van der Waals surface area contributed by atoms with Crippen molar-refractivity contribution in [2.75, 3.05) is 0 Å². The largest absolute Gasteiger partial charge is 0.212 e. The first-order valence-electron chi connectivity index (χ1n) is 5.24. The number of nitrogens with zero attached hydrogens (tertiary/aromatic N) is 2. The monoisotopic (exact) mass is 284 g/mol. The fraction of sp³-hybridized carbons (Fsp3) is 0.333. The van der Waals surface area contributed by atoms with Crippen LogP contribution in [0.4, 0.5) is 0 Å². The molecule has 1 aromatic carbocycles. The molecule has 17 heavy (non-hydrogen) atoms. The number of rotatable bonds is 1. The van der Waals surface area contributed by atoms with E-state index in [0.29, 0.717) is 5.02 Å². The summed E-state index contributed by atoms with van der Waals surface area (Å²) in [7, 11) is 0. The Balaban J connectivity index is 2.50. The first-order chi connectivity index (χ1) is 7.88. The third-order valence-electron chi connectivity index (χ3n) is 2.26. The molecule has 2 aromatic rings. The van der Waals surface area contributed by atoms with E-state index in [0.717, 1.165) is 14.6 Å². The Morgan fingerprint density at radius 3 is 2.29 bits per heavy atom. The molecule has 0 amide bonds. The Kier molecular flexibility index (Phi) is 3.39. The molecule has 0 unspecified atom stereocenters. The predicted octanol–water partition coefficient (Wildman–Crippen LogP) is 4.61. The lowest BCUT2D eigenvalue weighted by atomic mass is 9.98. The zero-order chi connectivity index (χ0) is 12.6. The van der Waals surface area contributed by atoms with E-state index >= 15 is 0 Å². The minimum atomic E-state index is 0.0237. The highest BCUT2D eigenvalue weighted by Crippen LogP contribution is 2.26. The van der Waals surface area contributed by atoms with Gasteiger partial charge < -0.3 is 0 Å². The molecule has 0 aliphatic carbocycles. The smallest absolute Gasteiger partial charge is 0.184 e. The Labute approximate surface area is 115 Å². The van der Waals surface area contributed by atoms with Crippen LogP contribution < -0.4 is 0 Å². The molecular weight excluding hydrogens is 272 g/mol. The molecule has 1 heterocycles. The number of hydrogen-bond acceptors (Lipinski definition) is 3. The average molecular weight is 285 g/mol. The molecule has 0 N–H and O–H groups in total. The molecule has 0 saturated heterocycles. The summed E-state index contributed by atoms with van der Waals surface area (Å²) in [6.45, 7) is 6.40. The van der Waals surface area contributed by atoms with Crippen molar-refractivity contribution in [1.29, 1.82) is 0 Å². The van der Waals surface area contributed by atoms with E-state index in [2.05, 4.69) is 25.9 Å². The van der Waals surface area contributed by atoms with Crippen LogP contribution in [0, 0.1) is 3.95 Å². The van der Waals surface area contributed by atoms with Gasteiger partial charge in [0.2, 0.25) is 0 Å². The summed E-state index contributed by atoms with van der Waals surface area (Å²) in [6.07, 6.45) is 0. The highest BCUT2D eigenvalue weighted by molar-refractivity contribution is 7.73. The van der Waals surface area contributed by atoms with Crippen LogP contribution in [-0.2, 0) is 5.41 Å². The Hall–Kier alpha value is -0.710. The van der Waals surface area contributed by atoms with Crippen LogP contribution in [0.25, 0.3) is 5.69 Å². The van der Waals surface area contributed by atoms with Gasteiger partial charge in [-0.05, 0) is 36.5 Å². The van der Waals surface area contributed by atoms with E-state index in [1.165, 1.54) is 0 Å². The zero-order valence-electron chi connectivity index (χ0n) is 9.90. The normalized spacial score (nSPS) is 11.8. The standard InChI is InChI=1S/C12H13ClN2S2/c1-12(2,3)10-14-15(11(16)17-10)9-6-4-8(13)5-7-9/h4-7H,1-3H3. The van der Waals surface area contributed by atoms with Crippen molar-refractivity contribution in [3.05, 3.63) is 38.3 Å². The molecule has 0 fully saturated rings. The van der Waals surface area contributed by atoms with Gasteiger partial charge in [-0.3, -0.25) is 0 Å². The summed E-state index contributed by atoms with van der Waals surface area (Å²) in [5.41, 5.74) is 0.974. The van der Waals surface area contributed by atoms with Gasteiger partial charge in [0, 0.05) is 10.4 Å². The maximum atomic E-state index is 5.86. The molecule has 1 aromatic heterocycles. The molecule has 0 spiro atoms. The van der Waals surface area contributed by atoms with Crippen LogP contribution in [-0.4, -0.2) is 9.78 Å². The van der Waals surface area contributed by atoms with Crippen LogP contribution in [0.15, 0.2) is 24.3 Å². The minimum Gasteiger partial charge on any atom is -0.212 e. The van der Waals surface area contributed by atoms with E-state index in [-0.39, 0.29) is 5.41 Å². The zero-order valence-corrected chi connectivity index (χ0v) is 12.3.